The van der Waals surface area contributed by atoms with E-state index in [0.29, 0.717) is 27.7 Å². The summed E-state index contributed by atoms with van der Waals surface area (Å²) in [4.78, 5) is 12.2. The fraction of sp³-hybridized carbons (Fsp3) is 0.400. The summed E-state index contributed by atoms with van der Waals surface area (Å²) in [6.45, 7) is 2.70. The van der Waals surface area contributed by atoms with Crippen LogP contribution < -0.4 is 4.31 Å². The number of carbonyl (C=O) groups is 1. The number of hydrogen-bond donors (Lipinski definition) is 0. The average molecular weight is 603 g/mol. The van der Waals surface area contributed by atoms with Crippen molar-refractivity contribution in [3.05, 3.63) is 71.3 Å². The number of hydrogen-bond acceptors (Lipinski definition) is 4. The van der Waals surface area contributed by atoms with Crippen LogP contribution in [0.4, 0.5) is 14.5 Å². The Kier molecular flexibility index (Phi) is 8.07. The van der Waals surface area contributed by atoms with Crippen LogP contribution in [-0.4, -0.2) is 44.1 Å². The smallest absolute Gasteiger partial charge is 0.376 e. The zero-order valence-corrected chi connectivity index (χ0v) is 22.3. The van der Waals surface area contributed by atoms with E-state index in [2.05, 4.69) is 27.3 Å². The largest absolute Gasteiger partial charge is 0.462 e. The lowest BCUT2D eigenvalue weighted by Gasteiger charge is -2.38. The number of halogens is 3. The summed E-state index contributed by atoms with van der Waals surface area (Å²) < 4.78 is 62.7. The molecule has 0 aromatic heterocycles. The molecule has 34 heavy (non-hydrogen) atoms. The van der Waals surface area contributed by atoms with Gasteiger partial charge in [0.1, 0.15) is 0 Å². The van der Waals surface area contributed by atoms with Crippen molar-refractivity contribution in [1.82, 2.24) is 0 Å². The summed E-state index contributed by atoms with van der Waals surface area (Å²) in [5.74, 6) is -5.39. The van der Waals surface area contributed by atoms with Gasteiger partial charge in [0.25, 0.3) is 0 Å². The van der Waals surface area contributed by atoms with Gasteiger partial charge in [-0.2, -0.15) is 8.78 Å². The summed E-state index contributed by atoms with van der Waals surface area (Å²) >= 11 is 2.19. The summed E-state index contributed by atoms with van der Waals surface area (Å²) in [7, 11) is -3.82. The minimum absolute atomic E-state index is 0.169. The van der Waals surface area contributed by atoms with E-state index >= 15 is 8.78 Å². The van der Waals surface area contributed by atoms with Crippen molar-refractivity contribution in [3.8, 4) is 0 Å². The lowest BCUT2D eigenvalue weighted by Crippen LogP contribution is -2.45. The molecule has 9 heteroatoms. The number of para-hydroxylation sites is 1. The third-order valence-corrected chi connectivity index (χ3v) is 7.62. The van der Waals surface area contributed by atoms with Crippen LogP contribution in [0.2, 0.25) is 0 Å². The molecule has 0 aliphatic carbocycles. The summed E-state index contributed by atoms with van der Waals surface area (Å²) in [6.07, 6.45) is 0.645. The van der Waals surface area contributed by atoms with Crippen LogP contribution in [0.15, 0.2) is 60.2 Å². The molecule has 5 nitrogen and oxygen atoms in total. The highest BCUT2D eigenvalue weighted by molar-refractivity contribution is 14.1. The third kappa shape index (κ3) is 5.45. The van der Waals surface area contributed by atoms with E-state index in [9.17, 15) is 13.2 Å². The van der Waals surface area contributed by atoms with E-state index < -0.39 is 33.8 Å². The molecule has 1 unspecified atom stereocenters. The number of benzene rings is 2. The van der Waals surface area contributed by atoms with Gasteiger partial charge in [-0.15, -0.1) is 0 Å². The number of rotatable bonds is 8. The van der Waals surface area contributed by atoms with Crippen molar-refractivity contribution >= 4 is 49.8 Å². The van der Waals surface area contributed by atoms with E-state index in [1.54, 1.807) is 25.1 Å². The fourth-order valence-electron chi connectivity index (χ4n) is 4.58. The molecule has 0 saturated heterocycles. The predicted molar refractivity (Wildman–Crippen MR) is 139 cm³/mol. The molecular formula is C25H28F2INO4S. The SMILES string of the molecule is CCOC(=O)C(F)(F)CC1(C)CN(S(C)(=O)=O)c2ccccc2C(c2ccccc2)=C1CCI. The molecule has 0 radical (unpaired) electrons. The van der Waals surface area contributed by atoms with Crippen LogP contribution in [-0.2, 0) is 19.6 Å². The van der Waals surface area contributed by atoms with Crippen molar-refractivity contribution < 1.29 is 26.7 Å². The molecule has 3 rings (SSSR count). The first-order valence-electron chi connectivity index (χ1n) is 10.9. The standard InChI is InChI=1S/C25H28F2INO4S/c1-4-33-23(30)25(26,27)16-24(2)17-29(34(3,31)32)21-13-9-8-12-19(21)22(20(24)14-15-28)18-10-6-5-7-11-18/h5-13H,4,14-17H2,1-3H3. The number of carbonyl (C=O) groups excluding carboxylic acids is 1. The Bertz CT molecular complexity index is 1180. The van der Waals surface area contributed by atoms with Crippen molar-refractivity contribution in [2.75, 3.05) is 28.1 Å². The van der Waals surface area contributed by atoms with Gasteiger partial charge in [0.2, 0.25) is 10.0 Å². The Balaban J connectivity index is 2.37. The Labute approximate surface area is 213 Å². The lowest BCUT2D eigenvalue weighted by atomic mass is 9.72. The maximum atomic E-state index is 15.2. The second kappa shape index (κ2) is 10.3. The van der Waals surface area contributed by atoms with E-state index in [1.807, 2.05) is 36.4 Å². The highest BCUT2D eigenvalue weighted by Crippen LogP contribution is 2.50. The van der Waals surface area contributed by atoms with E-state index in [-0.39, 0.29) is 13.2 Å². The van der Waals surface area contributed by atoms with Gasteiger partial charge in [0.15, 0.2) is 0 Å². The van der Waals surface area contributed by atoms with Gasteiger partial charge in [-0.3, -0.25) is 4.31 Å². The van der Waals surface area contributed by atoms with Crippen molar-refractivity contribution in [2.24, 2.45) is 5.41 Å². The molecule has 0 N–H and O–H groups in total. The zero-order chi connectivity index (χ0) is 25.1. The van der Waals surface area contributed by atoms with Gasteiger partial charge in [-0.05, 0) is 30.5 Å². The number of alkyl halides is 3. The van der Waals surface area contributed by atoms with Crippen LogP contribution >= 0.6 is 22.6 Å². The maximum Gasteiger partial charge on any atom is 0.376 e. The molecule has 1 aliphatic rings. The quantitative estimate of drug-likeness (QED) is 0.221. The molecule has 1 atom stereocenters. The minimum Gasteiger partial charge on any atom is -0.462 e. The fourth-order valence-corrected chi connectivity index (χ4v) is 6.15. The second-order valence-electron chi connectivity index (χ2n) is 8.61. The Hall–Kier alpha value is -2.01. The van der Waals surface area contributed by atoms with Crippen LogP contribution in [0.25, 0.3) is 5.57 Å². The normalized spacial score (nSPS) is 18.9. The molecule has 2 aromatic carbocycles. The van der Waals surface area contributed by atoms with Crippen LogP contribution in [0.3, 0.4) is 0 Å². The van der Waals surface area contributed by atoms with Crippen molar-refractivity contribution in [3.63, 3.8) is 0 Å². The van der Waals surface area contributed by atoms with Crippen LogP contribution in [0, 0.1) is 5.41 Å². The van der Waals surface area contributed by atoms with Gasteiger partial charge < -0.3 is 4.74 Å². The maximum absolute atomic E-state index is 15.2. The first-order chi connectivity index (χ1) is 15.9. The van der Waals surface area contributed by atoms with Gasteiger partial charge in [0.05, 0.1) is 18.6 Å². The highest BCUT2D eigenvalue weighted by atomic mass is 127. The van der Waals surface area contributed by atoms with Crippen molar-refractivity contribution in [2.45, 2.75) is 32.6 Å². The van der Waals surface area contributed by atoms with Gasteiger partial charge >= 0.3 is 11.9 Å². The van der Waals surface area contributed by atoms with Crippen LogP contribution in [0.1, 0.15) is 37.8 Å². The monoisotopic (exact) mass is 603 g/mol. The first kappa shape index (κ1) is 26.6. The molecule has 1 heterocycles. The molecule has 0 amide bonds. The number of esters is 1. The number of anilines is 1. The molecule has 0 saturated carbocycles. The molecular weight excluding hydrogens is 575 g/mol. The molecule has 1 aliphatic heterocycles. The van der Waals surface area contributed by atoms with Gasteiger partial charge in [0, 0.05) is 28.4 Å². The number of sulfonamides is 1. The molecule has 0 bridgehead atoms. The molecule has 184 valence electrons. The first-order valence-corrected chi connectivity index (χ1v) is 14.3. The second-order valence-corrected chi connectivity index (χ2v) is 11.6. The zero-order valence-electron chi connectivity index (χ0n) is 19.4. The summed E-state index contributed by atoms with van der Waals surface area (Å²) in [6, 6.07) is 16.4. The average Bonchev–Trinajstić information content (AvgIpc) is 2.87. The highest BCUT2D eigenvalue weighted by Gasteiger charge is 2.51. The van der Waals surface area contributed by atoms with E-state index in [4.69, 9.17) is 0 Å². The molecule has 0 spiro atoms. The number of fused-ring (bicyclic) bond motifs is 1. The predicted octanol–water partition coefficient (Wildman–Crippen LogP) is 5.69. The number of ether oxygens (including phenoxy) is 1. The summed E-state index contributed by atoms with van der Waals surface area (Å²) in [5.41, 5.74) is 1.95. The van der Waals surface area contributed by atoms with Gasteiger partial charge in [-0.1, -0.05) is 83.6 Å². The number of nitrogens with zero attached hydrogens (tertiary/aromatic N) is 1. The molecule has 2 aromatic rings. The van der Waals surface area contributed by atoms with E-state index in [1.165, 1.54) is 11.2 Å². The topological polar surface area (TPSA) is 63.7 Å². The van der Waals surface area contributed by atoms with Crippen molar-refractivity contribution in [1.29, 1.82) is 0 Å². The summed E-state index contributed by atoms with van der Waals surface area (Å²) in [5, 5.41) is 0. The minimum atomic E-state index is -3.82. The molecule has 0 fully saturated rings. The third-order valence-electron chi connectivity index (χ3n) is 5.96. The van der Waals surface area contributed by atoms with Crippen LogP contribution in [0.5, 0.6) is 0 Å². The lowest BCUT2D eigenvalue weighted by molar-refractivity contribution is -0.175. The Morgan fingerprint density at radius 3 is 2.35 bits per heavy atom. The Morgan fingerprint density at radius 1 is 1.15 bits per heavy atom. The van der Waals surface area contributed by atoms with E-state index in [0.717, 1.165) is 17.4 Å². The van der Waals surface area contributed by atoms with Gasteiger partial charge in [-0.25, -0.2) is 13.2 Å². The Morgan fingerprint density at radius 2 is 1.76 bits per heavy atom.